The minimum absolute atomic E-state index is 0.914. The van der Waals surface area contributed by atoms with Crippen LogP contribution in [0.15, 0.2) is 158 Å². The van der Waals surface area contributed by atoms with Gasteiger partial charge in [0.2, 0.25) is 0 Å². The van der Waals surface area contributed by atoms with E-state index in [2.05, 4.69) is 167 Å². The van der Waals surface area contributed by atoms with Gasteiger partial charge >= 0.3 is 0 Å². The number of benzene rings is 7. The van der Waals surface area contributed by atoms with E-state index in [1.165, 1.54) is 38.2 Å². The summed E-state index contributed by atoms with van der Waals surface area (Å²) in [7, 11) is 0. The van der Waals surface area contributed by atoms with Gasteiger partial charge in [0.15, 0.2) is 0 Å². The van der Waals surface area contributed by atoms with Crippen molar-refractivity contribution in [3.63, 3.8) is 0 Å². The van der Waals surface area contributed by atoms with Crippen LogP contribution < -0.4 is 9.64 Å². The number of aromatic nitrogens is 1. The molecule has 0 spiro atoms. The fourth-order valence-electron chi connectivity index (χ4n) is 6.66. The highest BCUT2D eigenvalue weighted by Crippen LogP contribution is 2.49. The average Bonchev–Trinajstić information content (AvgIpc) is 3.42. The van der Waals surface area contributed by atoms with Crippen molar-refractivity contribution >= 4 is 49.6 Å². The zero-order valence-corrected chi connectivity index (χ0v) is 23.3. The molecule has 0 amide bonds. The van der Waals surface area contributed by atoms with E-state index in [0.717, 1.165) is 39.8 Å². The van der Waals surface area contributed by atoms with Crippen molar-refractivity contribution in [2.45, 2.75) is 0 Å². The number of nitrogens with zero attached hydrogens (tertiary/aromatic N) is 2. The Kier molecular flexibility index (Phi) is 5.20. The summed E-state index contributed by atoms with van der Waals surface area (Å²) in [4.78, 5) is 2.32. The van der Waals surface area contributed by atoms with Gasteiger partial charge in [-0.25, -0.2) is 0 Å². The predicted octanol–water partition coefficient (Wildman–Crippen LogP) is 11.2. The van der Waals surface area contributed by atoms with Gasteiger partial charge in [0.25, 0.3) is 0 Å². The Morgan fingerprint density at radius 1 is 0.419 bits per heavy atom. The third-order valence-corrected chi connectivity index (χ3v) is 8.53. The van der Waals surface area contributed by atoms with Crippen LogP contribution in [-0.4, -0.2) is 4.57 Å². The molecule has 0 atom stereocenters. The van der Waals surface area contributed by atoms with Crippen LogP contribution in [0.4, 0.5) is 17.1 Å². The van der Waals surface area contributed by atoms with Crippen molar-refractivity contribution in [3.05, 3.63) is 158 Å². The van der Waals surface area contributed by atoms with Crippen LogP contribution in [0.5, 0.6) is 11.5 Å². The van der Waals surface area contributed by atoms with Crippen molar-refractivity contribution in [2.75, 3.05) is 4.90 Å². The standard InChI is InChI=1S/C40H26N2O/c1-3-10-27(11-4-1)29-13-7-16-33(26-29)41(30-14-5-2-6-15-30)31-21-23-32(24-22-31)42-34-17-9-19-37-39(34)40-35(42)25-20-28-12-8-18-36(43-37)38(28)40/h1-26H. The van der Waals surface area contributed by atoms with E-state index < -0.39 is 0 Å². The normalized spacial score (nSPS) is 11.9. The van der Waals surface area contributed by atoms with Gasteiger partial charge in [-0.05, 0) is 89.3 Å². The zero-order chi connectivity index (χ0) is 28.3. The van der Waals surface area contributed by atoms with Crippen molar-refractivity contribution in [3.8, 4) is 28.3 Å². The molecule has 3 heteroatoms. The maximum Gasteiger partial charge on any atom is 0.137 e. The Labute approximate surface area is 249 Å². The van der Waals surface area contributed by atoms with E-state index in [1.807, 2.05) is 0 Å². The molecule has 2 heterocycles. The van der Waals surface area contributed by atoms with Gasteiger partial charge in [-0.3, -0.25) is 0 Å². The number of rotatable bonds is 5. The molecule has 3 nitrogen and oxygen atoms in total. The second-order valence-corrected chi connectivity index (χ2v) is 11.0. The first-order chi connectivity index (χ1) is 21.3. The smallest absolute Gasteiger partial charge is 0.137 e. The summed E-state index contributed by atoms with van der Waals surface area (Å²) in [6, 6.07) is 55.9. The molecule has 43 heavy (non-hydrogen) atoms. The summed E-state index contributed by atoms with van der Waals surface area (Å²) in [5, 5.41) is 4.82. The third kappa shape index (κ3) is 3.68. The molecule has 1 aliphatic heterocycles. The number of ether oxygens (including phenoxy) is 1. The molecule has 9 rings (SSSR count). The molecule has 0 saturated carbocycles. The van der Waals surface area contributed by atoms with Crippen molar-refractivity contribution < 1.29 is 4.74 Å². The summed E-state index contributed by atoms with van der Waals surface area (Å²) in [6.07, 6.45) is 0. The lowest BCUT2D eigenvalue weighted by Gasteiger charge is -2.26. The molecule has 1 aliphatic rings. The fourth-order valence-corrected chi connectivity index (χ4v) is 6.66. The first-order valence-corrected chi connectivity index (χ1v) is 14.6. The summed E-state index contributed by atoms with van der Waals surface area (Å²) >= 11 is 0. The molecule has 0 aliphatic carbocycles. The van der Waals surface area contributed by atoms with Crippen LogP contribution in [0.25, 0.3) is 49.4 Å². The lowest BCUT2D eigenvalue weighted by atomic mass is 10.0. The van der Waals surface area contributed by atoms with Gasteiger partial charge in [0, 0.05) is 33.5 Å². The van der Waals surface area contributed by atoms with Crippen molar-refractivity contribution in [1.29, 1.82) is 0 Å². The Morgan fingerprint density at radius 3 is 1.86 bits per heavy atom. The van der Waals surface area contributed by atoms with Gasteiger partial charge in [-0.15, -0.1) is 0 Å². The highest BCUT2D eigenvalue weighted by atomic mass is 16.5. The molecular weight excluding hydrogens is 524 g/mol. The van der Waals surface area contributed by atoms with Gasteiger partial charge in [-0.2, -0.15) is 0 Å². The molecule has 0 bridgehead atoms. The van der Waals surface area contributed by atoms with Crippen molar-refractivity contribution in [2.24, 2.45) is 0 Å². The molecule has 0 fully saturated rings. The molecule has 0 unspecified atom stereocenters. The Morgan fingerprint density at radius 2 is 1.05 bits per heavy atom. The van der Waals surface area contributed by atoms with E-state index in [1.54, 1.807) is 0 Å². The second-order valence-electron chi connectivity index (χ2n) is 11.0. The summed E-state index contributed by atoms with van der Waals surface area (Å²) in [5.74, 6) is 1.84. The minimum Gasteiger partial charge on any atom is -0.456 e. The van der Waals surface area contributed by atoms with E-state index in [-0.39, 0.29) is 0 Å². The predicted molar refractivity (Wildman–Crippen MR) is 178 cm³/mol. The quantitative estimate of drug-likeness (QED) is 0.212. The molecular formula is C40H26N2O. The minimum atomic E-state index is 0.914. The molecule has 0 N–H and O–H groups in total. The van der Waals surface area contributed by atoms with Gasteiger partial charge in [-0.1, -0.05) is 84.9 Å². The van der Waals surface area contributed by atoms with E-state index in [4.69, 9.17) is 4.74 Å². The summed E-state index contributed by atoms with van der Waals surface area (Å²) in [5.41, 5.74) is 9.18. The first-order valence-electron chi connectivity index (χ1n) is 14.6. The number of hydrogen-bond acceptors (Lipinski definition) is 2. The number of anilines is 3. The SMILES string of the molecule is c1ccc(-c2cccc(N(c3ccccc3)c3ccc(-n4c5cccc6c5c5c7c(cccc7ccc54)O6)cc3)c2)cc1. The van der Waals surface area contributed by atoms with E-state index in [9.17, 15) is 0 Å². The zero-order valence-electron chi connectivity index (χ0n) is 23.3. The average molecular weight is 551 g/mol. The Hall–Kier alpha value is -5.80. The topological polar surface area (TPSA) is 17.4 Å². The van der Waals surface area contributed by atoms with Crippen LogP contribution >= 0.6 is 0 Å². The maximum absolute atomic E-state index is 6.40. The van der Waals surface area contributed by atoms with E-state index >= 15 is 0 Å². The van der Waals surface area contributed by atoms with E-state index in [0.29, 0.717) is 0 Å². The third-order valence-electron chi connectivity index (χ3n) is 8.53. The highest BCUT2D eigenvalue weighted by molar-refractivity contribution is 6.26. The van der Waals surface area contributed by atoms with Crippen LogP contribution in [0.3, 0.4) is 0 Å². The Balaban J connectivity index is 1.21. The second kappa shape index (κ2) is 9.37. The highest BCUT2D eigenvalue weighted by Gasteiger charge is 2.24. The number of hydrogen-bond donors (Lipinski definition) is 0. The first kappa shape index (κ1) is 23.9. The molecule has 0 radical (unpaired) electrons. The fraction of sp³-hybridized carbons (Fsp3) is 0. The number of para-hydroxylation sites is 1. The lowest BCUT2D eigenvalue weighted by molar-refractivity contribution is 0.493. The van der Waals surface area contributed by atoms with Crippen LogP contribution in [0, 0.1) is 0 Å². The summed E-state index contributed by atoms with van der Waals surface area (Å²) < 4.78 is 8.77. The van der Waals surface area contributed by atoms with Gasteiger partial charge in [0.1, 0.15) is 11.5 Å². The maximum atomic E-state index is 6.40. The largest absolute Gasteiger partial charge is 0.456 e. The molecule has 8 aromatic rings. The van der Waals surface area contributed by atoms with Crippen molar-refractivity contribution in [1.82, 2.24) is 4.57 Å². The summed E-state index contributed by atoms with van der Waals surface area (Å²) in [6.45, 7) is 0. The molecule has 7 aromatic carbocycles. The van der Waals surface area contributed by atoms with Crippen LogP contribution in [0.2, 0.25) is 0 Å². The van der Waals surface area contributed by atoms with Crippen LogP contribution in [-0.2, 0) is 0 Å². The Bertz CT molecular complexity index is 2300. The van der Waals surface area contributed by atoms with Gasteiger partial charge < -0.3 is 14.2 Å². The molecule has 0 saturated heterocycles. The molecule has 1 aromatic heterocycles. The monoisotopic (exact) mass is 550 g/mol. The van der Waals surface area contributed by atoms with Gasteiger partial charge in [0.05, 0.1) is 16.4 Å². The van der Waals surface area contributed by atoms with Crippen LogP contribution in [0.1, 0.15) is 0 Å². The molecule has 202 valence electrons. The lowest BCUT2D eigenvalue weighted by Crippen LogP contribution is -2.10.